The number of amides is 1. The highest BCUT2D eigenvalue weighted by atomic mass is 19.1. The lowest BCUT2D eigenvalue weighted by Gasteiger charge is -2.16. The maximum atomic E-state index is 13.1. The van der Waals surface area contributed by atoms with E-state index in [2.05, 4.69) is 0 Å². The van der Waals surface area contributed by atoms with E-state index in [-0.39, 0.29) is 17.8 Å². The van der Waals surface area contributed by atoms with Crippen molar-refractivity contribution in [2.45, 2.75) is 12.5 Å². The van der Waals surface area contributed by atoms with Crippen LogP contribution in [0.5, 0.6) is 11.5 Å². The monoisotopic (exact) mass is 300 g/mol. The van der Waals surface area contributed by atoms with Gasteiger partial charge in [0, 0.05) is 30.8 Å². The zero-order chi connectivity index (χ0) is 15.5. The number of nitrogens with zero attached hydrogens (tertiary/aromatic N) is 1. The Balaban J connectivity index is 1.69. The van der Waals surface area contributed by atoms with Crippen LogP contribution in [0.25, 0.3) is 0 Å². The first-order valence-electron chi connectivity index (χ1n) is 7.20. The molecule has 0 saturated carbocycles. The van der Waals surface area contributed by atoms with Crippen molar-refractivity contribution in [3.8, 4) is 11.5 Å². The van der Waals surface area contributed by atoms with Crippen LogP contribution < -0.4 is 10.5 Å². The van der Waals surface area contributed by atoms with Gasteiger partial charge in [-0.2, -0.15) is 0 Å². The standard InChI is InChI=1S/C17H17FN2O2/c18-13-2-1-3-16(10-13)22-15-6-4-12(5-7-15)17(21)20-9-8-14(19)11-20/h1-7,10,14H,8-9,11,19H2/t14-/m1/s1. The summed E-state index contributed by atoms with van der Waals surface area (Å²) in [6.07, 6.45) is 0.840. The number of carbonyl (C=O) groups excluding carboxylic acids is 1. The van der Waals surface area contributed by atoms with Crippen LogP contribution in [0.15, 0.2) is 48.5 Å². The van der Waals surface area contributed by atoms with Gasteiger partial charge in [-0.05, 0) is 42.8 Å². The highest BCUT2D eigenvalue weighted by molar-refractivity contribution is 5.94. The Bertz CT molecular complexity index is 673. The highest BCUT2D eigenvalue weighted by Gasteiger charge is 2.24. The Hall–Kier alpha value is -2.40. The predicted molar refractivity (Wildman–Crippen MR) is 81.4 cm³/mol. The molecule has 0 aliphatic carbocycles. The number of hydrogen-bond acceptors (Lipinski definition) is 3. The van der Waals surface area contributed by atoms with Crippen molar-refractivity contribution < 1.29 is 13.9 Å². The minimum Gasteiger partial charge on any atom is -0.457 e. The second-order valence-electron chi connectivity index (χ2n) is 5.38. The van der Waals surface area contributed by atoms with Crippen molar-refractivity contribution in [1.29, 1.82) is 0 Å². The third-order valence-corrected chi connectivity index (χ3v) is 3.64. The topological polar surface area (TPSA) is 55.6 Å². The lowest BCUT2D eigenvalue weighted by molar-refractivity contribution is 0.0791. The molecule has 2 aromatic rings. The summed E-state index contributed by atoms with van der Waals surface area (Å²) in [5.74, 6) is 0.602. The molecule has 2 aromatic carbocycles. The minimum atomic E-state index is -0.352. The van der Waals surface area contributed by atoms with Gasteiger partial charge in [-0.1, -0.05) is 6.07 Å². The second-order valence-corrected chi connectivity index (χ2v) is 5.38. The van der Waals surface area contributed by atoms with Gasteiger partial charge in [0.15, 0.2) is 0 Å². The molecule has 0 spiro atoms. The van der Waals surface area contributed by atoms with E-state index >= 15 is 0 Å². The van der Waals surface area contributed by atoms with Crippen LogP contribution in [0.3, 0.4) is 0 Å². The maximum absolute atomic E-state index is 13.1. The summed E-state index contributed by atoms with van der Waals surface area (Å²) in [6.45, 7) is 1.29. The summed E-state index contributed by atoms with van der Waals surface area (Å²) in [5, 5.41) is 0. The highest BCUT2D eigenvalue weighted by Crippen LogP contribution is 2.23. The molecule has 1 atom stereocenters. The Morgan fingerprint density at radius 2 is 1.95 bits per heavy atom. The van der Waals surface area contributed by atoms with Crippen LogP contribution in [0.1, 0.15) is 16.8 Å². The van der Waals surface area contributed by atoms with Gasteiger partial charge >= 0.3 is 0 Å². The molecule has 5 heteroatoms. The molecule has 4 nitrogen and oxygen atoms in total. The largest absolute Gasteiger partial charge is 0.457 e. The van der Waals surface area contributed by atoms with Crippen LogP contribution in [-0.4, -0.2) is 29.9 Å². The van der Waals surface area contributed by atoms with Gasteiger partial charge in [-0.15, -0.1) is 0 Å². The number of hydrogen-bond donors (Lipinski definition) is 1. The third kappa shape index (κ3) is 3.26. The van der Waals surface area contributed by atoms with E-state index in [0.717, 1.165) is 6.42 Å². The third-order valence-electron chi connectivity index (χ3n) is 3.64. The number of nitrogens with two attached hydrogens (primary N) is 1. The molecule has 1 fully saturated rings. The molecule has 0 unspecified atom stereocenters. The van der Waals surface area contributed by atoms with Gasteiger partial charge in [0.1, 0.15) is 17.3 Å². The Kier molecular flexibility index (Phi) is 4.06. The molecule has 1 aliphatic heterocycles. The molecule has 0 radical (unpaired) electrons. The number of carbonyl (C=O) groups is 1. The quantitative estimate of drug-likeness (QED) is 0.948. The van der Waals surface area contributed by atoms with E-state index in [4.69, 9.17) is 10.5 Å². The number of ether oxygens (including phenoxy) is 1. The Morgan fingerprint density at radius 1 is 1.18 bits per heavy atom. The molecule has 1 aliphatic rings. The molecular weight excluding hydrogens is 283 g/mol. The summed E-state index contributed by atoms with van der Waals surface area (Å²) >= 11 is 0. The van der Waals surface area contributed by atoms with Gasteiger partial charge in [0.2, 0.25) is 0 Å². The lowest BCUT2D eigenvalue weighted by atomic mass is 10.2. The smallest absolute Gasteiger partial charge is 0.253 e. The summed E-state index contributed by atoms with van der Waals surface area (Å²) in [5.41, 5.74) is 6.42. The molecule has 3 rings (SSSR count). The van der Waals surface area contributed by atoms with E-state index < -0.39 is 0 Å². The number of halogens is 1. The summed E-state index contributed by atoms with van der Waals surface area (Å²) < 4.78 is 18.7. The minimum absolute atomic E-state index is 0.0229. The summed E-state index contributed by atoms with van der Waals surface area (Å²) in [7, 11) is 0. The molecule has 0 bridgehead atoms. The fourth-order valence-electron chi connectivity index (χ4n) is 2.49. The van der Waals surface area contributed by atoms with Crippen LogP contribution in [0.4, 0.5) is 4.39 Å². The molecule has 114 valence electrons. The van der Waals surface area contributed by atoms with Crippen molar-refractivity contribution >= 4 is 5.91 Å². The van der Waals surface area contributed by atoms with E-state index in [1.54, 1.807) is 41.3 Å². The van der Waals surface area contributed by atoms with E-state index in [0.29, 0.717) is 30.2 Å². The molecule has 0 aromatic heterocycles. The van der Waals surface area contributed by atoms with E-state index in [1.807, 2.05) is 0 Å². The first-order valence-corrected chi connectivity index (χ1v) is 7.20. The van der Waals surface area contributed by atoms with Crippen LogP contribution in [-0.2, 0) is 0 Å². The van der Waals surface area contributed by atoms with Gasteiger partial charge in [0.05, 0.1) is 0 Å². The molecule has 22 heavy (non-hydrogen) atoms. The molecule has 2 N–H and O–H groups in total. The van der Waals surface area contributed by atoms with Crippen molar-refractivity contribution in [2.75, 3.05) is 13.1 Å². The fourth-order valence-corrected chi connectivity index (χ4v) is 2.49. The molecule has 1 amide bonds. The number of benzene rings is 2. The van der Waals surface area contributed by atoms with Crippen molar-refractivity contribution in [2.24, 2.45) is 5.73 Å². The lowest BCUT2D eigenvalue weighted by Crippen LogP contribution is -2.31. The molecular formula is C17H17FN2O2. The van der Waals surface area contributed by atoms with E-state index in [9.17, 15) is 9.18 Å². The predicted octanol–water partition coefficient (Wildman–Crippen LogP) is 2.79. The van der Waals surface area contributed by atoms with Crippen LogP contribution in [0.2, 0.25) is 0 Å². The molecule has 1 saturated heterocycles. The van der Waals surface area contributed by atoms with Gasteiger partial charge in [-0.3, -0.25) is 4.79 Å². The van der Waals surface area contributed by atoms with Crippen molar-refractivity contribution in [3.05, 3.63) is 59.9 Å². The Morgan fingerprint density at radius 3 is 2.59 bits per heavy atom. The van der Waals surface area contributed by atoms with Gasteiger partial charge in [0.25, 0.3) is 5.91 Å². The molecule has 1 heterocycles. The summed E-state index contributed by atoms with van der Waals surface area (Å²) in [4.78, 5) is 14.0. The normalized spacial score (nSPS) is 17.5. The SMILES string of the molecule is N[C@@H]1CCN(C(=O)c2ccc(Oc3cccc(F)c3)cc2)C1. The van der Waals surface area contributed by atoms with Crippen LogP contribution in [0, 0.1) is 5.82 Å². The zero-order valence-corrected chi connectivity index (χ0v) is 12.0. The first-order chi connectivity index (χ1) is 10.6. The first kappa shape index (κ1) is 14.5. The number of rotatable bonds is 3. The van der Waals surface area contributed by atoms with Gasteiger partial charge in [-0.25, -0.2) is 4.39 Å². The van der Waals surface area contributed by atoms with Crippen molar-refractivity contribution in [3.63, 3.8) is 0 Å². The van der Waals surface area contributed by atoms with E-state index in [1.165, 1.54) is 12.1 Å². The Labute approximate surface area is 128 Å². The van der Waals surface area contributed by atoms with Crippen molar-refractivity contribution in [1.82, 2.24) is 4.90 Å². The second kappa shape index (κ2) is 6.15. The fraction of sp³-hybridized carbons (Fsp3) is 0.235. The number of likely N-dealkylation sites (tertiary alicyclic amines) is 1. The maximum Gasteiger partial charge on any atom is 0.253 e. The van der Waals surface area contributed by atoms with Crippen LogP contribution >= 0.6 is 0 Å². The summed E-state index contributed by atoms with van der Waals surface area (Å²) in [6, 6.07) is 12.8. The zero-order valence-electron chi connectivity index (χ0n) is 12.0. The average molecular weight is 300 g/mol. The van der Waals surface area contributed by atoms with Gasteiger partial charge < -0.3 is 15.4 Å². The average Bonchev–Trinajstić information content (AvgIpc) is 2.94.